The third kappa shape index (κ3) is 11.7. The normalized spacial score (nSPS) is 53.8. The van der Waals surface area contributed by atoms with E-state index in [0.717, 1.165) is 232 Å². The van der Waals surface area contributed by atoms with Gasteiger partial charge in [0, 0.05) is 36.3 Å². The summed E-state index contributed by atoms with van der Waals surface area (Å²) in [5.74, 6) is 33.8. The van der Waals surface area contributed by atoms with Gasteiger partial charge in [-0.1, -0.05) is 252 Å². The Morgan fingerprint density at radius 2 is 0.495 bits per heavy atom. The van der Waals surface area contributed by atoms with E-state index in [2.05, 4.69) is 30.6 Å². The van der Waals surface area contributed by atoms with Crippen LogP contribution in [0.1, 0.15) is 380 Å². The molecular weight excluding hydrogens is 1220 g/mol. The molecule has 0 bridgehead atoms. The lowest BCUT2D eigenvalue weighted by Gasteiger charge is -2.73. The second kappa shape index (κ2) is 28.6. The summed E-state index contributed by atoms with van der Waals surface area (Å²) in [6.07, 6.45) is 90.3. The first-order chi connectivity index (χ1) is 49.8. The van der Waals surface area contributed by atoms with Crippen LogP contribution in [0, 0.1) is 177 Å². The van der Waals surface area contributed by atoms with Crippen molar-refractivity contribution in [1.82, 2.24) is 9.80 Å². The van der Waals surface area contributed by atoms with Crippen molar-refractivity contribution in [2.24, 2.45) is 177 Å². The molecule has 2 heterocycles. The fourth-order valence-electron chi connectivity index (χ4n) is 39.7. The first-order valence-electron chi connectivity index (χ1n) is 49.3. The molecule has 3 heteroatoms. The molecule has 19 aliphatic carbocycles. The SMILES string of the molecule is CC(C)(C)C1CC2C3B(C4CC(C5CCC6CCCC7C8CCCC9CCCC(C98)C5C67)CCC4N2C2C(C4CCCCC4)CCCC2C2CCCCC2)C2CC(C4CCC5CCCC6C7CCCC8CCCC(C87)C4C56)CCC2N(C2C(C4CCCCC4)CCCC2C2CCCCC2)C3C1. The van der Waals surface area contributed by atoms with Gasteiger partial charge in [-0.2, -0.15) is 0 Å². The molecule has 30 atom stereocenters. The minimum absolute atomic E-state index is 0.369. The lowest BCUT2D eigenvalue weighted by molar-refractivity contribution is -0.170. The Morgan fingerprint density at radius 1 is 0.208 bits per heavy atom. The fraction of sp³-hybridized carbons (Fsp3) is 1.00. The van der Waals surface area contributed by atoms with Crippen molar-refractivity contribution in [3.8, 4) is 0 Å². The highest BCUT2D eigenvalue weighted by Crippen LogP contribution is 2.74. The molecule has 2 aliphatic heterocycles. The lowest BCUT2D eigenvalue weighted by atomic mass is 9.17. The van der Waals surface area contributed by atoms with Gasteiger partial charge in [-0.3, -0.25) is 9.80 Å². The average molecular weight is 1380 g/mol. The van der Waals surface area contributed by atoms with E-state index in [-0.39, 0.29) is 0 Å². The van der Waals surface area contributed by atoms with Gasteiger partial charge in [0.15, 0.2) is 6.71 Å². The first-order valence-corrected chi connectivity index (χ1v) is 49.3. The van der Waals surface area contributed by atoms with Gasteiger partial charge >= 0.3 is 0 Å². The molecule has 0 spiro atoms. The highest BCUT2D eigenvalue weighted by molar-refractivity contribution is 6.65. The standard InChI is InChI=1S/C98H159BN2/c1-98(2,3)70-58-87-95-88(59-70)101(97-75(62-28-12-6-13-29-62)40-23-41-76(97)63-30-14-7-15-31-63)86-55-51-69(72-53-49-67-37-19-45-80-78-43-17-33-65-35-21-47-82(90(65)78)94(72)92(67)80)57-84(86)99(95)83-56-68(71-52-48-66-36-18-44-79-77-42-16-32-64-34-20-46-81(89(64)77)93(71)91(66)79)50-54-85(83)100(87)96-73(60-24-8-4-9-25-60)38-22-39-74(96)61-26-10-5-11-27-61/h60-97H,4-59H2,1-3H3. The molecule has 0 amide bonds. The van der Waals surface area contributed by atoms with Crippen LogP contribution in [0.2, 0.25) is 17.5 Å². The van der Waals surface area contributed by atoms with Crippen molar-refractivity contribution >= 4 is 6.71 Å². The molecule has 19 saturated carbocycles. The van der Waals surface area contributed by atoms with Crippen LogP contribution in [-0.2, 0) is 0 Å². The van der Waals surface area contributed by atoms with E-state index in [1.165, 1.54) is 0 Å². The monoisotopic (exact) mass is 1380 g/mol. The zero-order chi connectivity index (χ0) is 66.8. The fourth-order valence-corrected chi connectivity index (χ4v) is 39.7. The maximum atomic E-state index is 3.97. The van der Waals surface area contributed by atoms with Crippen LogP contribution in [-0.4, -0.2) is 52.8 Å². The van der Waals surface area contributed by atoms with Crippen molar-refractivity contribution < 1.29 is 0 Å². The molecule has 21 rings (SSSR count). The summed E-state index contributed by atoms with van der Waals surface area (Å²) in [5.41, 5.74) is 0.369. The number of nitrogens with zero attached hydrogens (tertiary/aromatic N) is 2. The smallest absolute Gasteiger partial charge is 0.156 e. The predicted octanol–water partition coefficient (Wildman–Crippen LogP) is 26.5. The summed E-state index contributed by atoms with van der Waals surface area (Å²) < 4.78 is 0. The van der Waals surface area contributed by atoms with E-state index in [1.807, 2.05) is 0 Å². The molecule has 2 saturated heterocycles. The minimum Gasteiger partial charge on any atom is -0.295 e. The maximum absolute atomic E-state index is 3.97. The number of hydrogen-bond acceptors (Lipinski definition) is 2. The van der Waals surface area contributed by atoms with Gasteiger partial charge in [0.05, 0.1) is 0 Å². The number of hydrogen-bond donors (Lipinski definition) is 0. The Morgan fingerprint density at radius 3 is 0.842 bits per heavy atom. The summed E-state index contributed by atoms with van der Waals surface area (Å²) in [5, 5.41) is 0. The summed E-state index contributed by atoms with van der Waals surface area (Å²) in [6, 6.07) is 5.23. The van der Waals surface area contributed by atoms with Crippen LogP contribution in [0.3, 0.4) is 0 Å². The second-order valence-electron chi connectivity index (χ2n) is 46.0. The lowest BCUT2D eigenvalue weighted by Crippen LogP contribution is -2.77. The van der Waals surface area contributed by atoms with E-state index in [0.29, 0.717) is 5.41 Å². The summed E-state index contributed by atoms with van der Waals surface area (Å²) in [7, 11) is 0. The first kappa shape index (κ1) is 69.0. The maximum Gasteiger partial charge on any atom is 0.156 e. The molecule has 564 valence electrons. The minimum atomic E-state index is 0.369. The van der Waals surface area contributed by atoms with Crippen LogP contribution >= 0.6 is 0 Å². The molecule has 0 aromatic heterocycles. The third-order valence-electron chi connectivity index (χ3n) is 42.3. The van der Waals surface area contributed by atoms with Crippen molar-refractivity contribution in [2.45, 2.75) is 434 Å². The number of fused-ring (bicyclic) bond motifs is 8. The summed E-state index contributed by atoms with van der Waals surface area (Å²) in [6.45, 7) is 9.57. The molecule has 0 N–H and O–H groups in total. The van der Waals surface area contributed by atoms with Gasteiger partial charge in [0.25, 0.3) is 0 Å². The molecule has 21 aliphatic rings. The molecular formula is C98H159BN2. The molecule has 21 fully saturated rings. The Hall–Kier alpha value is -0.0151. The molecule has 101 heavy (non-hydrogen) atoms. The molecule has 0 radical (unpaired) electrons. The highest BCUT2D eigenvalue weighted by atomic mass is 15.3. The largest absolute Gasteiger partial charge is 0.295 e. The van der Waals surface area contributed by atoms with Gasteiger partial charge in [-0.25, -0.2) is 0 Å². The zero-order valence-electron chi connectivity index (χ0n) is 66.5. The van der Waals surface area contributed by atoms with Gasteiger partial charge < -0.3 is 0 Å². The second-order valence-corrected chi connectivity index (χ2v) is 46.0. The van der Waals surface area contributed by atoms with Gasteiger partial charge in [0.1, 0.15) is 0 Å². The van der Waals surface area contributed by atoms with Crippen molar-refractivity contribution in [3.63, 3.8) is 0 Å². The Balaban J connectivity index is 0.739. The Bertz CT molecular complexity index is 2540. The average Bonchev–Trinajstić information content (AvgIpc) is 0.692. The van der Waals surface area contributed by atoms with E-state index in [4.69, 9.17) is 0 Å². The number of rotatable bonds is 8. The van der Waals surface area contributed by atoms with Gasteiger partial charge in [0.2, 0.25) is 0 Å². The Labute approximate surface area is 623 Å². The molecule has 0 aromatic carbocycles. The van der Waals surface area contributed by atoms with E-state index in [9.17, 15) is 0 Å². The Kier molecular flexibility index (Phi) is 19.5. The van der Waals surface area contributed by atoms with E-state index >= 15 is 0 Å². The zero-order valence-corrected chi connectivity index (χ0v) is 66.5. The van der Waals surface area contributed by atoms with Crippen LogP contribution in [0.15, 0.2) is 0 Å². The molecule has 30 unspecified atom stereocenters. The molecule has 2 nitrogen and oxygen atoms in total. The van der Waals surface area contributed by atoms with Gasteiger partial charge in [-0.05, 0) is 323 Å². The molecule has 0 aromatic rings. The predicted molar refractivity (Wildman–Crippen MR) is 423 cm³/mol. The van der Waals surface area contributed by atoms with Crippen molar-refractivity contribution in [2.75, 3.05) is 0 Å². The van der Waals surface area contributed by atoms with Crippen molar-refractivity contribution in [1.29, 1.82) is 0 Å². The van der Waals surface area contributed by atoms with Crippen LogP contribution in [0.25, 0.3) is 0 Å². The van der Waals surface area contributed by atoms with Crippen LogP contribution < -0.4 is 0 Å². The van der Waals surface area contributed by atoms with Crippen molar-refractivity contribution in [3.05, 3.63) is 0 Å². The van der Waals surface area contributed by atoms with Crippen LogP contribution in [0.4, 0.5) is 0 Å². The van der Waals surface area contributed by atoms with E-state index < -0.39 is 0 Å². The summed E-state index contributed by atoms with van der Waals surface area (Å²) in [4.78, 5) is 7.95. The highest BCUT2D eigenvalue weighted by Gasteiger charge is 2.71. The third-order valence-corrected chi connectivity index (χ3v) is 42.3. The summed E-state index contributed by atoms with van der Waals surface area (Å²) >= 11 is 0. The van der Waals surface area contributed by atoms with Gasteiger partial charge in [-0.15, -0.1) is 0 Å². The quantitative estimate of drug-likeness (QED) is 0.224. The van der Waals surface area contributed by atoms with E-state index in [1.54, 1.807) is 360 Å². The topological polar surface area (TPSA) is 6.48 Å². The van der Waals surface area contributed by atoms with Crippen LogP contribution in [0.5, 0.6) is 0 Å².